The van der Waals surface area contributed by atoms with Gasteiger partial charge < -0.3 is 5.73 Å². The normalized spacial score (nSPS) is 22.3. The van der Waals surface area contributed by atoms with Crippen LogP contribution in [-0.2, 0) is 4.79 Å². The van der Waals surface area contributed by atoms with Gasteiger partial charge in [-0.3, -0.25) is 4.79 Å². The Labute approximate surface area is 80.9 Å². The van der Waals surface area contributed by atoms with Crippen LogP contribution in [0.4, 0.5) is 0 Å². The first-order valence-corrected chi connectivity index (χ1v) is 5.48. The molecule has 1 aliphatic rings. The van der Waals surface area contributed by atoms with Gasteiger partial charge in [0.05, 0.1) is 0 Å². The number of carbonyl (C=O) groups is 1. The van der Waals surface area contributed by atoms with Crippen LogP contribution in [-0.4, -0.2) is 11.8 Å². The van der Waals surface area contributed by atoms with E-state index in [1.54, 1.807) is 0 Å². The van der Waals surface area contributed by atoms with Gasteiger partial charge in [0, 0.05) is 18.4 Å². The summed E-state index contributed by atoms with van der Waals surface area (Å²) < 4.78 is 0. The van der Waals surface area contributed by atoms with E-state index in [-0.39, 0.29) is 6.04 Å². The molecular formula is C11H21NO. The topological polar surface area (TPSA) is 43.1 Å². The molecule has 1 unspecified atom stereocenters. The van der Waals surface area contributed by atoms with Gasteiger partial charge in [0.15, 0.2) is 0 Å². The van der Waals surface area contributed by atoms with Gasteiger partial charge in [-0.1, -0.05) is 25.7 Å². The Morgan fingerprint density at radius 3 is 2.31 bits per heavy atom. The fourth-order valence-corrected chi connectivity index (χ4v) is 2.09. The number of nitrogens with two attached hydrogens (primary N) is 1. The fourth-order valence-electron chi connectivity index (χ4n) is 2.09. The minimum atomic E-state index is 0.0377. The third kappa shape index (κ3) is 3.90. The first-order valence-electron chi connectivity index (χ1n) is 5.48. The average Bonchev–Trinajstić information content (AvgIpc) is 2.29. The maximum Gasteiger partial charge on any atom is 0.137 e. The number of rotatable bonds is 3. The van der Waals surface area contributed by atoms with Crippen molar-refractivity contribution < 1.29 is 4.79 Å². The highest BCUT2D eigenvalue weighted by Gasteiger charge is 2.20. The molecule has 13 heavy (non-hydrogen) atoms. The highest BCUT2D eigenvalue weighted by molar-refractivity contribution is 5.81. The van der Waals surface area contributed by atoms with Crippen molar-refractivity contribution in [2.45, 2.75) is 57.9 Å². The smallest absolute Gasteiger partial charge is 0.137 e. The zero-order chi connectivity index (χ0) is 9.68. The standard InChI is InChI=1S/C11H21NO/c1-9(12)8-11(13)10-6-4-2-3-5-7-10/h9-10H,2-8,12H2,1H3. The monoisotopic (exact) mass is 183 g/mol. The van der Waals surface area contributed by atoms with E-state index < -0.39 is 0 Å². The third-order valence-electron chi connectivity index (χ3n) is 2.83. The second-order valence-corrected chi connectivity index (χ2v) is 4.34. The quantitative estimate of drug-likeness (QED) is 0.682. The van der Waals surface area contributed by atoms with Gasteiger partial charge in [-0.25, -0.2) is 0 Å². The van der Waals surface area contributed by atoms with Gasteiger partial charge in [0.1, 0.15) is 5.78 Å². The Kier molecular flexibility index (Phi) is 4.43. The molecule has 0 aromatic carbocycles. The Balaban J connectivity index is 2.35. The molecule has 2 nitrogen and oxygen atoms in total. The summed E-state index contributed by atoms with van der Waals surface area (Å²) in [5.41, 5.74) is 5.62. The number of hydrogen-bond acceptors (Lipinski definition) is 2. The molecule has 1 rings (SSSR count). The second kappa shape index (κ2) is 5.38. The van der Waals surface area contributed by atoms with Crippen molar-refractivity contribution in [3.8, 4) is 0 Å². The van der Waals surface area contributed by atoms with Crippen LogP contribution in [0, 0.1) is 5.92 Å². The van der Waals surface area contributed by atoms with Crippen molar-refractivity contribution in [1.82, 2.24) is 0 Å². The van der Waals surface area contributed by atoms with Gasteiger partial charge in [-0.2, -0.15) is 0 Å². The van der Waals surface area contributed by atoms with E-state index in [1.165, 1.54) is 25.7 Å². The molecule has 0 aromatic rings. The number of carbonyl (C=O) groups excluding carboxylic acids is 1. The van der Waals surface area contributed by atoms with Gasteiger partial charge in [-0.05, 0) is 19.8 Å². The summed E-state index contributed by atoms with van der Waals surface area (Å²) in [5.74, 6) is 0.727. The molecule has 1 aliphatic carbocycles. The van der Waals surface area contributed by atoms with Crippen molar-refractivity contribution in [1.29, 1.82) is 0 Å². The van der Waals surface area contributed by atoms with Gasteiger partial charge in [-0.15, -0.1) is 0 Å². The van der Waals surface area contributed by atoms with Crippen molar-refractivity contribution in [2.24, 2.45) is 11.7 Å². The molecule has 1 atom stereocenters. The molecule has 0 bridgehead atoms. The van der Waals surface area contributed by atoms with E-state index in [0.29, 0.717) is 18.1 Å². The molecule has 0 aliphatic heterocycles. The predicted octanol–water partition coefficient (Wildman–Crippen LogP) is 2.26. The Hall–Kier alpha value is -0.370. The SMILES string of the molecule is CC(N)CC(=O)C1CCCCCC1. The summed E-state index contributed by atoms with van der Waals surface area (Å²) in [5, 5.41) is 0. The molecule has 0 spiro atoms. The molecule has 0 aromatic heterocycles. The molecular weight excluding hydrogens is 162 g/mol. The zero-order valence-corrected chi connectivity index (χ0v) is 8.59. The Morgan fingerprint density at radius 1 is 1.31 bits per heavy atom. The number of hydrogen-bond donors (Lipinski definition) is 1. The maximum absolute atomic E-state index is 11.7. The molecule has 1 saturated carbocycles. The molecule has 2 N–H and O–H groups in total. The molecule has 0 saturated heterocycles. The van der Waals surface area contributed by atoms with Crippen LogP contribution in [0.1, 0.15) is 51.9 Å². The first kappa shape index (κ1) is 10.7. The largest absolute Gasteiger partial charge is 0.328 e. The lowest BCUT2D eigenvalue weighted by Gasteiger charge is -2.13. The summed E-state index contributed by atoms with van der Waals surface area (Å²) in [6, 6.07) is 0.0377. The van der Waals surface area contributed by atoms with Gasteiger partial charge >= 0.3 is 0 Å². The first-order chi connectivity index (χ1) is 6.20. The fraction of sp³-hybridized carbons (Fsp3) is 0.909. The van der Waals surface area contributed by atoms with Crippen LogP contribution in [0.25, 0.3) is 0 Å². The third-order valence-corrected chi connectivity index (χ3v) is 2.83. The summed E-state index contributed by atoms with van der Waals surface area (Å²) in [7, 11) is 0. The van der Waals surface area contributed by atoms with Crippen LogP contribution >= 0.6 is 0 Å². The van der Waals surface area contributed by atoms with Crippen molar-refractivity contribution in [3.05, 3.63) is 0 Å². The van der Waals surface area contributed by atoms with Crippen LogP contribution in [0.5, 0.6) is 0 Å². The van der Waals surface area contributed by atoms with E-state index in [4.69, 9.17) is 5.73 Å². The summed E-state index contributed by atoms with van der Waals surface area (Å²) in [6.07, 6.45) is 7.86. The van der Waals surface area contributed by atoms with Gasteiger partial charge in [0.2, 0.25) is 0 Å². The summed E-state index contributed by atoms with van der Waals surface area (Å²) in [4.78, 5) is 11.7. The maximum atomic E-state index is 11.7. The highest BCUT2D eigenvalue weighted by Crippen LogP contribution is 2.24. The second-order valence-electron chi connectivity index (χ2n) is 4.34. The Bertz CT molecular complexity index is 157. The Morgan fingerprint density at radius 2 is 1.85 bits per heavy atom. The summed E-state index contributed by atoms with van der Waals surface area (Å²) in [6.45, 7) is 1.91. The lowest BCUT2D eigenvalue weighted by atomic mass is 9.92. The molecule has 0 amide bonds. The average molecular weight is 183 g/mol. The molecule has 76 valence electrons. The zero-order valence-electron chi connectivity index (χ0n) is 8.59. The molecule has 2 heteroatoms. The lowest BCUT2D eigenvalue weighted by molar-refractivity contribution is -0.123. The van der Waals surface area contributed by atoms with E-state index in [9.17, 15) is 4.79 Å². The van der Waals surface area contributed by atoms with Crippen LogP contribution < -0.4 is 5.73 Å². The van der Waals surface area contributed by atoms with Crippen molar-refractivity contribution in [2.75, 3.05) is 0 Å². The van der Waals surface area contributed by atoms with Crippen molar-refractivity contribution in [3.63, 3.8) is 0 Å². The molecule has 0 heterocycles. The van der Waals surface area contributed by atoms with E-state index in [2.05, 4.69) is 0 Å². The predicted molar refractivity (Wildman–Crippen MR) is 54.5 cm³/mol. The van der Waals surface area contributed by atoms with Crippen molar-refractivity contribution >= 4 is 5.78 Å². The lowest BCUT2D eigenvalue weighted by Crippen LogP contribution is -2.24. The highest BCUT2D eigenvalue weighted by atomic mass is 16.1. The molecule has 0 radical (unpaired) electrons. The van der Waals surface area contributed by atoms with E-state index in [1.807, 2.05) is 6.92 Å². The van der Waals surface area contributed by atoms with Crippen LogP contribution in [0.15, 0.2) is 0 Å². The van der Waals surface area contributed by atoms with Crippen LogP contribution in [0.3, 0.4) is 0 Å². The van der Waals surface area contributed by atoms with E-state index >= 15 is 0 Å². The summed E-state index contributed by atoms with van der Waals surface area (Å²) >= 11 is 0. The van der Waals surface area contributed by atoms with Gasteiger partial charge in [0.25, 0.3) is 0 Å². The molecule has 1 fully saturated rings. The number of Topliss-reactive ketones (excluding diaryl/α,β-unsaturated/α-hetero) is 1. The number of ketones is 1. The van der Waals surface area contributed by atoms with Crippen LogP contribution in [0.2, 0.25) is 0 Å². The van der Waals surface area contributed by atoms with E-state index in [0.717, 1.165) is 12.8 Å². The minimum absolute atomic E-state index is 0.0377. The minimum Gasteiger partial charge on any atom is -0.328 e.